The quantitative estimate of drug-likeness (QED) is 0.584. The number of aryl methyl sites for hydroxylation is 1. The monoisotopic (exact) mass is 210 g/mol. The lowest BCUT2D eigenvalue weighted by atomic mass is 10.5. The zero-order chi connectivity index (χ0) is 10.3. The molecule has 6 nitrogen and oxygen atoms in total. The lowest BCUT2D eigenvalue weighted by Gasteiger charge is -2.01. The van der Waals surface area contributed by atoms with E-state index in [2.05, 4.69) is 15.0 Å². The van der Waals surface area contributed by atoms with Crippen molar-refractivity contribution in [3.63, 3.8) is 0 Å². The van der Waals surface area contributed by atoms with Gasteiger partial charge in [0.15, 0.2) is 10.3 Å². The maximum atomic E-state index is 11.3. The Morgan fingerprint density at radius 2 is 2.14 bits per heavy atom. The average Bonchev–Trinajstić information content (AvgIpc) is 2.12. The van der Waals surface area contributed by atoms with E-state index in [1.165, 1.54) is 11.6 Å². The molecule has 2 rings (SSSR count). The van der Waals surface area contributed by atoms with Gasteiger partial charge in [0.1, 0.15) is 5.65 Å². The number of hydrogen-bond donors (Lipinski definition) is 2. The van der Waals surface area contributed by atoms with E-state index in [-0.39, 0.29) is 15.8 Å². The van der Waals surface area contributed by atoms with Gasteiger partial charge in [0.05, 0.1) is 6.20 Å². The van der Waals surface area contributed by atoms with Crippen LogP contribution in [-0.2, 0) is 7.05 Å². The minimum Gasteiger partial charge on any atom is -0.316 e. The zero-order valence-electron chi connectivity index (χ0n) is 7.20. The summed E-state index contributed by atoms with van der Waals surface area (Å²) in [6, 6.07) is 0. The highest BCUT2D eigenvalue weighted by Crippen LogP contribution is 1.96. The van der Waals surface area contributed by atoms with Crippen molar-refractivity contribution in [1.82, 2.24) is 19.5 Å². The van der Waals surface area contributed by atoms with Gasteiger partial charge in [0.25, 0.3) is 11.1 Å². The summed E-state index contributed by atoms with van der Waals surface area (Å²) in [7, 11) is 1.54. The molecule has 0 aliphatic carbocycles. The van der Waals surface area contributed by atoms with E-state index in [0.29, 0.717) is 5.65 Å². The van der Waals surface area contributed by atoms with Gasteiger partial charge < -0.3 is 4.98 Å². The molecule has 0 saturated carbocycles. The van der Waals surface area contributed by atoms with Crippen molar-refractivity contribution < 1.29 is 0 Å². The molecule has 0 aliphatic rings. The summed E-state index contributed by atoms with van der Waals surface area (Å²) in [5, 5.41) is 0. The van der Waals surface area contributed by atoms with Gasteiger partial charge in [-0.1, -0.05) is 0 Å². The molecule has 0 unspecified atom stereocenters. The minimum absolute atomic E-state index is 0.167. The van der Waals surface area contributed by atoms with Crippen LogP contribution in [0.25, 0.3) is 11.2 Å². The summed E-state index contributed by atoms with van der Waals surface area (Å²) in [6.45, 7) is 0. The van der Waals surface area contributed by atoms with Gasteiger partial charge in [-0.3, -0.25) is 19.1 Å². The molecule has 72 valence electrons. The van der Waals surface area contributed by atoms with Crippen molar-refractivity contribution in [3.05, 3.63) is 31.7 Å². The van der Waals surface area contributed by atoms with E-state index in [1.807, 2.05) is 0 Å². The lowest BCUT2D eigenvalue weighted by molar-refractivity contribution is 0.862. The Hall–Kier alpha value is -1.76. The molecular weight excluding hydrogens is 204 g/mol. The lowest BCUT2D eigenvalue weighted by Crippen LogP contribution is -2.22. The highest BCUT2D eigenvalue weighted by molar-refractivity contribution is 7.71. The summed E-state index contributed by atoms with van der Waals surface area (Å²) < 4.78 is 1.46. The SMILES string of the molecule is Cn1c(=O)cnc2c(=O)[nH]c(=S)[nH]c21. The van der Waals surface area contributed by atoms with Gasteiger partial charge in [0.2, 0.25) is 0 Å². The van der Waals surface area contributed by atoms with Gasteiger partial charge in [-0.05, 0) is 12.2 Å². The Labute approximate surface area is 82.2 Å². The summed E-state index contributed by atoms with van der Waals surface area (Å²) in [5.41, 5.74) is -0.208. The Kier molecular flexibility index (Phi) is 1.81. The Bertz CT molecular complexity index is 666. The number of aromatic amines is 2. The summed E-state index contributed by atoms with van der Waals surface area (Å²) in [5.74, 6) is 0. The maximum Gasteiger partial charge on any atom is 0.279 e. The Morgan fingerprint density at radius 3 is 2.86 bits per heavy atom. The minimum atomic E-state index is -0.403. The van der Waals surface area contributed by atoms with Crippen LogP contribution in [0.5, 0.6) is 0 Å². The molecule has 0 fully saturated rings. The zero-order valence-corrected chi connectivity index (χ0v) is 8.01. The van der Waals surface area contributed by atoms with E-state index in [1.54, 1.807) is 0 Å². The van der Waals surface area contributed by atoms with Crippen molar-refractivity contribution in [1.29, 1.82) is 0 Å². The molecule has 2 heterocycles. The number of fused-ring (bicyclic) bond motifs is 1. The molecule has 0 radical (unpaired) electrons. The van der Waals surface area contributed by atoms with Crippen LogP contribution in [0.15, 0.2) is 15.8 Å². The smallest absolute Gasteiger partial charge is 0.279 e. The molecule has 0 spiro atoms. The van der Waals surface area contributed by atoms with Crippen molar-refractivity contribution in [2.24, 2.45) is 7.05 Å². The second-order valence-corrected chi connectivity index (χ2v) is 3.17. The predicted molar refractivity (Wildman–Crippen MR) is 52.8 cm³/mol. The average molecular weight is 210 g/mol. The van der Waals surface area contributed by atoms with Crippen LogP contribution >= 0.6 is 12.2 Å². The van der Waals surface area contributed by atoms with E-state index < -0.39 is 5.56 Å². The van der Waals surface area contributed by atoms with Crippen LogP contribution in [0, 0.1) is 4.77 Å². The molecular formula is C7H6N4O2S. The first-order valence-electron chi connectivity index (χ1n) is 3.78. The molecule has 0 saturated heterocycles. The number of nitrogens with one attached hydrogen (secondary N) is 2. The number of H-pyrrole nitrogens is 2. The first kappa shape index (κ1) is 8.82. The van der Waals surface area contributed by atoms with Crippen LogP contribution in [0.4, 0.5) is 0 Å². The molecule has 0 bridgehead atoms. The van der Waals surface area contributed by atoms with Crippen molar-refractivity contribution in [3.8, 4) is 0 Å². The molecule has 2 aromatic heterocycles. The van der Waals surface area contributed by atoms with Gasteiger partial charge in [-0.2, -0.15) is 0 Å². The van der Waals surface area contributed by atoms with Crippen LogP contribution < -0.4 is 11.1 Å². The van der Waals surface area contributed by atoms with E-state index in [4.69, 9.17) is 12.2 Å². The number of aromatic nitrogens is 4. The van der Waals surface area contributed by atoms with E-state index >= 15 is 0 Å². The van der Waals surface area contributed by atoms with Gasteiger partial charge >= 0.3 is 0 Å². The van der Waals surface area contributed by atoms with Gasteiger partial charge in [-0.25, -0.2) is 4.98 Å². The van der Waals surface area contributed by atoms with Crippen molar-refractivity contribution >= 4 is 23.4 Å². The molecule has 0 aromatic carbocycles. The largest absolute Gasteiger partial charge is 0.316 e. The highest BCUT2D eigenvalue weighted by Gasteiger charge is 2.04. The van der Waals surface area contributed by atoms with Crippen LogP contribution in [0.1, 0.15) is 0 Å². The highest BCUT2D eigenvalue weighted by atomic mass is 32.1. The van der Waals surface area contributed by atoms with Crippen molar-refractivity contribution in [2.45, 2.75) is 0 Å². The second-order valence-electron chi connectivity index (χ2n) is 2.76. The first-order chi connectivity index (χ1) is 6.59. The molecule has 7 heteroatoms. The van der Waals surface area contributed by atoms with Gasteiger partial charge in [0, 0.05) is 7.05 Å². The number of nitrogens with zero attached hydrogens (tertiary/aromatic N) is 2. The molecule has 0 aliphatic heterocycles. The topological polar surface area (TPSA) is 83.5 Å². The van der Waals surface area contributed by atoms with E-state index in [9.17, 15) is 9.59 Å². The third-order valence-electron chi connectivity index (χ3n) is 1.87. The molecule has 2 aromatic rings. The van der Waals surface area contributed by atoms with Crippen LogP contribution in [-0.4, -0.2) is 19.5 Å². The fourth-order valence-corrected chi connectivity index (χ4v) is 1.34. The molecule has 14 heavy (non-hydrogen) atoms. The first-order valence-corrected chi connectivity index (χ1v) is 4.19. The maximum absolute atomic E-state index is 11.3. The van der Waals surface area contributed by atoms with E-state index in [0.717, 1.165) is 6.20 Å². The third kappa shape index (κ3) is 1.18. The summed E-state index contributed by atoms with van der Waals surface area (Å²) in [6.07, 6.45) is 1.09. The summed E-state index contributed by atoms with van der Waals surface area (Å²) >= 11 is 4.78. The third-order valence-corrected chi connectivity index (χ3v) is 2.07. The fourth-order valence-electron chi connectivity index (χ4n) is 1.15. The predicted octanol–water partition coefficient (Wildman–Crippen LogP) is -0.321. The summed E-state index contributed by atoms with van der Waals surface area (Å²) in [4.78, 5) is 31.3. The standard InChI is InChI=1S/C7H6N4O2S/c1-11-3(12)2-8-4-5(11)9-7(14)10-6(4)13/h2H,1H3,(H2,9,10,13,14). The molecule has 0 atom stereocenters. The normalized spacial score (nSPS) is 10.6. The number of hydrogen-bond acceptors (Lipinski definition) is 4. The molecule has 0 amide bonds. The number of rotatable bonds is 0. The van der Waals surface area contributed by atoms with Crippen LogP contribution in [0.2, 0.25) is 0 Å². The Balaban J connectivity index is 3.19. The second kappa shape index (κ2) is 2.88. The Morgan fingerprint density at radius 1 is 1.43 bits per heavy atom. The van der Waals surface area contributed by atoms with Crippen molar-refractivity contribution in [2.75, 3.05) is 0 Å². The fraction of sp³-hybridized carbons (Fsp3) is 0.143. The molecule has 2 N–H and O–H groups in total. The van der Waals surface area contributed by atoms with Gasteiger partial charge in [-0.15, -0.1) is 0 Å². The van der Waals surface area contributed by atoms with Crippen LogP contribution in [0.3, 0.4) is 0 Å².